The summed E-state index contributed by atoms with van der Waals surface area (Å²) in [4.78, 5) is 12.9. The molecule has 0 aromatic carbocycles. The van der Waals surface area contributed by atoms with Crippen molar-refractivity contribution in [2.75, 3.05) is 13.1 Å². The van der Waals surface area contributed by atoms with Crippen LogP contribution < -0.4 is 5.32 Å². The van der Waals surface area contributed by atoms with E-state index < -0.39 is 0 Å². The second-order valence-electron chi connectivity index (χ2n) is 2.94. The Hall–Kier alpha value is -0.730. The number of amides is 2. The number of urea groups is 1. The van der Waals surface area contributed by atoms with E-state index in [1.54, 1.807) is 0 Å². The fourth-order valence-corrected chi connectivity index (χ4v) is 0.858. The molecule has 3 heteroatoms. The summed E-state index contributed by atoms with van der Waals surface area (Å²) in [5, 5.41) is 2.83. The molecule has 0 radical (unpaired) electrons. The summed E-state index contributed by atoms with van der Waals surface area (Å²) in [6.07, 6.45) is 1.16. The molecule has 1 fully saturated rings. The summed E-state index contributed by atoms with van der Waals surface area (Å²) >= 11 is 0. The number of hydrogen-bond acceptors (Lipinski definition) is 1. The Morgan fingerprint density at radius 3 is 2.40 bits per heavy atom. The molecular formula is C7H14N2O. The van der Waals surface area contributed by atoms with Gasteiger partial charge in [0.2, 0.25) is 0 Å². The summed E-state index contributed by atoms with van der Waals surface area (Å²) in [6.45, 7) is 5.80. The summed E-state index contributed by atoms with van der Waals surface area (Å²) in [5.41, 5.74) is 0. The summed E-state index contributed by atoms with van der Waals surface area (Å²) in [7, 11) is 0. The van der Waals surface area contributed by atoms with E-state index in [0.717, 1.165) is 19.5 Å². The van der Waals surface area contributed by atoms with E-state index in [1.807, 2.05) is 18.7 Å². The van der Waals surface area contributed by atoms with Crippen molar-refractivity contribution >= 4 is 6.03 Å². The Morgan fingerprint density at radius 2 is 2.10 bits per heavy atom. The predicted octanol–water partition coefficient (Wildman–Crippen LogP) is 0.810. The number of nitrogens with zero attached hydrogens (tertiary/aromatic N) is 1. The molecule has 1 saturated heterocycles. The van der Waals surface area contributed by atoms with Gasteiger partial charge >= 0.3 is 6.03 Å². The highest BCUT2D eigenvalue weighted by Gasteiger charge is 2.19. The van der Waals surface area contributed by atoms with Gasteiger partial charge in [0.25, 0.3) is 0 Å². The van der Waals surface area contributed by atoms with Crippen molar-refractivity contribution in [1.29, 1.82) is 0 Å². The van der Waals surface area contributed by atoms with Crippen molar-refractivity contribution < 1.29 is 4.79 Å². The zero-order chi connectivity index (χ0) is 7.56. The standard InChI is InChI=1S/C7H14N2O/c1-6(2)8-7(10)9-4-3-5-9/h6H,3-5H2,1-2H3,(H,8,10). The first-order valence-electron chi connectivity index (χ1n) is 3.75. The van der Waals surface area contributed by atoms with E-state index in [4.69, 9.17) is 0 Å². The van der Waals surface area contributed by atoms with Gasteiger partial charge in [-0.2, -0.15) is 0 Å². The zero-order valence-corrected chi connectivity index (χ0v) is 6.55. The van der Waals surface area contributed by atoms with Gasteiger partial charge in [0, 0.05) is 19.1 Å². The SMILES string of the molecule is CC(C)NC(=O)N1CCC1. The summed E-state index contributed by atoms with van der Waals surface area (Å²) in [5.74, 6) is 0. The van der Waals surface area contributed by atoms with E-state index >= 15 is 0 Å². The quantitative estimate of drug-likeness (QED) is 0.577. The average Bonchev–Trinajstić information content (AvgIpc) is 1.55. The molecule has 1 heterocycles. The lowest BCUT2D eigenvalue weighted by Gasteiger charge is -2.31. The minimum atomic E-state index is 0.0845. The van der Waals surface area contributed by atoms with Crippen LogP contribution in [0.5, 0.6) is 0 Å². The summed E-state index contributed by atoms with van der Waals surface area (Å²) < 4.78 is 0. The maximum Gasteiger partial charge on any atom is 0.317 e. The fourth-order valence-electron chi connectivity index (χ4n) is 0.858. The smallest absolute Gasteiger partial charge is 0.317 e. The van der Waals surface area contributed by atoms with E-state index in [1.165, 1.54) is 0 Å². The minimum Gasteiger partial charge on any atom is -0.336 e. The van der Waals surface area contributed by atoms with Crippen molar-refractivity contribution in [2.24, 2.45) is 0 Å². The third-order valence-electron chi connectivity index (χ3n) is 1.56. The molecule has 58 valence electrons. The van der Waals surface area contributed by atoms with Crippen LogP contribution in [0.3, 0.4) is 0 Å². The zero-order valence-electron chi connectivity index (χ0n) is 6.55. The van der Waals surface area contributed by atoms with Gasteiger partial charge in [-0.05, 0) is 20.3 Å². The van der Waals surface area contributed by atoms with E-state index in [9.17, 15) is 4.79 Å². The highest BCUT2D eigenvalue weighted by atomic mass is 16.2. The van der Waals surface area contributed by atoms with Crippen LogP contribution in [0.15, 0.2) is 0 Å². The molecular weight excluding hydrogens is 128 g/mol. The maximum absolute atomic E-state index is 11.1. The highest BCUT2D eigenvalue weighted by Crippen LogP contribution is 2.05. The molecule has 1 aliphatic heterocycles. The van der Waals surface area contributed by atoms with Gasteiger partial charge in [-0.1, -0.05) is 0 Å². The van der Waals surface area contributed by atoms with Gasteiger partial charge in [-0.15, -0.1) is 0 Å². The normalized spacial score (nSPS) is 16.9. The van der Waals surface area contributed by atoms with Gasteiger partial charge in [0.1, 0.15) is 0 Å². The van der Waals surface area contributed by atoms with Crippen LogP contribution in [0.2, 0.25) is 0 Å². The number of carbonyl (C=O) groups excluding carboxylic acids is 1. The van der Waals surface area contributed by atoms with Gasteiger partial charge in [0.05, 0.1) is 0 Å². The number of rotatable bonds is 1. The molecule has 0 spiro atoms. The van der Waals surface area contributed by atoms with Gasteiger partial charge in [-0.3, -0.25) is 0 Å². The first-order chi connectivity index (χ1) is 4.70. The van der Waals surface area contributed by atoms with Gasteiger partial charge < -0.3 is 10.2 Å². The molecule has 2 amide bonds. The lowest BCUT2D eigenvalue weighted by Crippen LogP contribution is -2.49. The molecule has 0 bridgehead atoms. The number of carbonyl (C=O) groups is 1. The first kappa shape index (κ1) is 7.38. The second-order valence-corrected chi connectivity index (χ2v) is 2.94. The molecule has 1 N–H and O–H groups in total. The van der Waals surface area contributed by atoms with Crippen LogP contribution in [-0.4, -0.2) is 30.1 Å². The summed E-state index contributed by atoms with van der Waals surface area (Å²) in [6, 6.07) is 0.342. The number of nitrogens with one attached hydrogen (secondary N) is 1. The van der Waals surface area contributed by atoms with E-state index in [0.29, 0.717) is 0 Å². The molecule has 0 unspecified atom stereocenters. The molecule has 1 aliphatic rings. The van der Waals surface area contributed by atoms with Crippen molar-refractivity contribution in [2.45, 2.75) is 26.3 Å². The van der Waals surface area contributed by atoms with Crippen molar-refractivity contribution in [1.82, 2.24) is 10.2 Å². The van der Waals surface area contributed by atoms with Gasteiger partial charge in [-0.25, -0.2) is 4.79 Å². The van der Waals surface area contributed by atoms with Crippen molar-refractivity contribution in [3.8, 4) is 0 Å². The molecule has 0 saturated carbocycles. The molecule has 0 aromatic rings. The number of hydrogen-bond donors (Lipinski definition) is 1. The molecule has 3 nitrogen and oxygen atoms in total. The van der Waals surface area contributed by atoms with Crippen LogP contribution in [-0.2, 0) is 0 Å². The Balaban J connectivity index is 2.20. The third kappa shape index (κ3) is 1.62. The number of likely N-dealkylation sites (tertiary alicyclic amines) is 1. The second kappa shape index (κ2) is 2.90. The highest BCUT2D eigenvalue weighted by molar-refractivity contribution is 5.75. The molecule has 0 aromatic heterocycles. The minimum absolute atomic E-state index is 0.0845. The molecule has 10 heavy (non-hydrogen) atoms. The first-order valence-corrected chi connectivity index (χ1v) is 3.75. The fraction of sp³-hybridized carbons (Fsp3) is 0.857. The van der Waals surface area contributed by atoms with E-state index in [2.05, 4.69) is 5.32 Å². The van der Waals surface area contributed by atoms with Crippen LogP contribution in [0.25, 0.3) is 0 Å². The molecule has 1 rings (SSSR count). The van der Waals surface area contributed by atoms with Gasteiger partial charge in [0.15, 0.2) is 0 Å². The Kier molecular flexibility index (Phi) is 2.14. The predicted molar refractivity (Wildman–Crippen MR) is 39.9 cm³/mol. The van der Waals surface area contributed by atoms with Crippen LogP contribution in [0.4, 0.5) is 4.79 Å². The third-order valence-corrected chi connectivity index (χ3v) is 1.56. The Bertz CT molecular complexity index is 130. The molecule has 0 aliphatic carbocycles. The Labute approximate surface area is 61.4 Å². The van der Waals surface area contributed by atoms with Crippen LogP contribution >= 0.6 is 0 Å². The maximum atomic E-state index is 11.1. The lowest BCUT2D eigenvalue weighted by molar-refractivity contribution is 0.165. The topological polar surface area (TPSA) is 32.3 Å². The van der Waals surface area contributed by atoms with Crippen LogP contribution in [0.1, 0.15) is 20.3 Å². The lowest BCUT2D eigenvalue weighted by atomic mass is 10.2. The van der Waals surface area contributed by atoms with E-state index in [-0.39, 0.29) is 12.1 Å². The van der Waals surface area contributed by atoms with Crippen LogP contribution in [0, 0.1) is 0 Å². The monoisotopic (exact) mass is 142 g/mol. The largest absolute Gasteiger partial charge is 0.336 e. The average molecular weight is 142 g/mol. The van der Waals surface area contributed by atoms with Crippen molar-refractivity contribution in [3.05, 3.63) is 0 Å². The Morgan fingerprint density at radius 1 is 1.50 bits per heavy atom. The molecule has 0 atom stereocenters. The van der Waals surface area contributed by atoms with Crippen molar-refractivity contribution in [3.63, 3.8) is 0 Å².